The van der Waals surface area contributed by atoms with E-state index in [0.29, 0.717) is 5.91 Å². The van der Waals surface area contributed by atoms with Gasteiger partial charge in [0.1, 0.15) is 0 Å². The van der Waals surface area contributed by atoms with E-state index in [2.05, 4.69) is 9.80 Å². The van der Waals surface area contributed by atoms with Crippen LogP contribution in [0.5, 0.6) is 0 Å². The van der Waals surface area contributed by atoms with Gasteiger partial charge in [0, 0.05) is 37.4 Å². The Bertz CT molecular complexity index is 719. The van der Waals surface area contributed by atoms with Crippen LogP contribution in [0.3, 0.4) is 0 Å². The number of piperidine rings is 1. The topological polar surface area (TPSA) is 40.6 Å². The molecule has 5 heteroatoms. The van der Waals surface area contributed by atoms with Crippen molar-refractivity contribution in [3.63, 3.8) is 0 Å². The summed E-state index contributed by atoms with van der Waals surface area (Å²) in [4.78, 5) is 29.8. The summed E-state index contributed by atoms with van der Waals surface area (Å²) in [6, 6.07) is 9.96. The van der Waals surface area contributed by atoms with Gasteiger partial charge in [-0.15, -0.1) is 11.8 Å². The summed E-state index contributed by atoms with van der Waals surface area (Å²) in [6.07, 6.45) is 11.2. The third-order valence-electron chi connectivity index (χ3n) is 6.47. The lowest BCUT2D eigenvalue weighted by molar-refractivity contribution is -0.139. The lowest BCUT2D eigenvalue weighted by atomic mass is 9.87. The highest BCUT2D eigenvalue weighted by atomic mass is 32.2. The van der Waals surface area contributed by atoms with Gasteiger partial charge in [0.2, 0.25) is 11.8 Å². The molecule has 2 amide bonds. The largest absolute Gasteiger partial charge is 0.342 e. The van der Waals surface area contributed by atoms with Crippen LogP contribution in [0, 0.1) is 5.92 Å². The number of thioether (sulfide) groups is 1. The first-order valence-corrected chi connectivity index (χ1v) is 11.6. The Morgan fingerprint density at radius 1 is 1.00 bits per heavy atom. The van der Waals surface area contributed by atoms with E-state index in [1.807, 2.05) is 48.2 Å². The minimum absolute atomic E-state index is 0.0981. The van der Waals surface area contributed by atoms with E-state index >= 15 is 0 Å². The average Bonchev–Trinajstić information content (AvgIpc) is 3.16. The zero-order valence-electron chi connectivity index (χ0n) is 16.5. The zero-order valence-corrected chi connectivity index (χ0v) is 17.3. The first-order chi connectivity index (χ1) is 13.7. The smallest absolute Gasteiger partial charge is 0.247 e. The van der Waals surface area contributed by atoms with Crippen LogP contribution in [0.15, 0.2) is 36.4 Å². The molecule has 0 unspecified atom stereocenters. The van der Waals surface area contributed by atoms with Crippen LogP contribution < -0.4 is 0 Å². The fourth-order valence-electron chi connectivity index (χ4n) is 4.84. The number of benzene rings is 1. The molecule has 4 nitrogen and oxygen atoms in total. The van der Waals surface area contributed by atoms with Gasteiger partial charge in [0.15, 0.2) is 0 Å². The predicted molar refractivity (Wildman–Crippen MR) is 115 cm³/mol. The third kappa shape index (κ3) is 4.14. The van der Waals surface area contributed by atoms with Gasteiger partial charge in [-0.3, -0.25) is 9.59 Å². The Labute approximate surface area is 172 Å². The normalized spacial score (nSPS) is 22.9. The summed E-state index contributed by atoms with van der Waals surface area (Å²) in [6.45, 7) is 2.38. The Balaban J connectivity index is 1.37. The maximum absolute atomic E-state index is 12.9. The standard InChI is InChI=1S/C23H30N2O2S/c26-21(12-11-19-7-3-1-4-8-19)25-17-18-28-23(25)13-15-24(16-14-23)22(27)20-9-5-2-6-10-20/h1,3-4,7-8,11-12,20H,2,5-6,9-10,13-18H2. The first kappa shape index (κ1) is 19.6. The zero-order chi connectivity index (χ0) is 19.4. The van der Waals surface area contributed by atoms with E-state index in [9.17, 15) is 9.59 Å². The van der Waals surface area contributed by atoms with Crippen LogP contribution in [-0.2, 0) is 9.59 Å². The summed E-state index contributed by atoms with van der Waals surface area (Å²) < 4.78 is 0. The maximum atomic E-state index is 12.9. The second kappa shape index (κ2) is 8.73. The number of carbonyl (C=O) groups excluding carboxylic acids is 2. The van der Waals surface area contributed by atoms with Crippen LogP contribution in [0.25, 0.3) is 6.08 Å². The summed E-state index contributed by atoms with van der Waals surface area (Å²) >= 11 is 1.91. The SMILES string of the molecule is O=C(C1CCCCC1)N1CCC2(CC1)SCCN2C(=O)C=Cc1ccccc1. The molecule has 0 aromatic heterocycles. The second-order valence-electron chi connectivity index (χ2n) is 8.19. The van der Waals surface area contributed by atoms with Crippen LogP contribution in [0.2, 0.25) is 0 Å². The van der Waals surface area contributed by atoms with Crippen molar-refractivity contribution in [3.8, 4) is 0 Å². The van der Waals surface area contributed by atoms with Crippen molar-refractivity contribution < 1.29 is 9.59 Å². The predicted octanol–water partition coefficient (Wildman–Crippen LogP) is 4.17. The molecule has 0 atom stereocenters. The lowest BCUT2D eigenvalue weighted by Gasteiger charge is -2.44. The van der Waals surface area contributed by atoms with Crippen molar-refractivity contribution in [2.75, 3.05) is 25.4 Å². The van der Waals surface area contributed by atoms with Crippen LogP contribution in [0.1, 0.15) is 50.5 Å². The van der Waals surface area contributed by atoms with E-state index in [-0.39, 0.29) is 16.7 Å². The molecule has 3 aliphatic rings. The Kier molecular flexibility index (Phi) is 6.10. The van der Waals surface area contributed by atoms with Crippen LogP contribution >= 0.6 is 11.8 Å². The van der Waals surface area contributed by atoms with Gasteiger partial charge in [-0.2, -0.15) is 0 Å². The van der Waals surface area contributed by atoms with Crippen LogP contribution in [0.4, 0.5) is 0 Å². The summed E-state index contributed by atoms with van der Waals surface area (Å²) in [5.41, 5.74) is 1.05. The monoisotopic (exact) mass is 398 g/mol. The van der Waals surface area contributed by atoms with Crippen molar-refractivity contribution in [3.05, 3.63) is 42.0 Å². The quantitative estimate of drug-likeness (QED) is 0.718. The summed E-state index contributed by atoms with van der Waals surface area (Å²) in [7, 11) is 0. The number of carbonyl (C=O) groups is 2. The first-order valence-electron chi connectivity index (χ1n) is 10.7. The molecular formula is C23H30N2O2S. The van der Waals surface area contributed by atoms with E-state index in [1.54, 1.807) is 6.08 Å². The highest BCUT2D eigenvalue weighted by molar-refractivity contribution is 8.00. The van der Waals surface area contributed by atoms with Gasteiger partial charge in [-0.25, -0.2) is 0 Å². The van der Waals surface area contributed by atoms with E-state index in [0.717, 1.165) is 56.6 Å². The molecule has 0 bridgehead atoms. The van der Waals surface area contributed by atoms with E-state index in [1.165, 1.54) is 19.3 Å². The molecule has 4 rings (SSSR count). The molecule has 2 heterocycles. The maximum Gasteiger partial charge on any atom is 0.247 e. The molecule has 0 N–H and O–H groups in total. The van der Waals surface area contributed by atoms with Gasteiger partial charge < -0.3 is 9.80 Å². The highest BCUT2D eigenvalue weighted by Crippen LogP contribution is 2.44. The van der Waals surface area contributed by atoms with Crippen molar-refractivity contribution in [2.24, 2.45) is 5.92 Å². The van der Waals surface area contributed by atoms with Gasteiger partial charge in [0.25, 0.3) is 0 Å². The molecule has 2 saturated heterocycles. The molecule has 1 saturated carbocycles. The average molecular weight is 399 g/mol. The molecule has 1 aromatic rings. The van der Waals surface area contributed by atoms with Gasteiger partial charge in [0.05, 0.1) is 4.87 Å². The Hall–Kier alpha value is -1.75. The molecule has 3 fully saturated rings. The number of rotatable bonds is 3. The molecule has 28 heavy (non-hydrogen) atoms. The molecule has 1 spiro atoms. The third-order valence-corrected chi connectivity index (χ3v) is 8.02. The van der Waals surface area contributed by atoms with Crippen molar-refractivity contribution in [1.29, 1.82) is 0 Å². The van der Waals surface area contributed by atoms with Crippen molar-refractivity contribution >= 4 is 29.7 Å². The van der Waals surface area contributed by atoms with Gasteiger partial charge in [-0.05, 0) is 37.3 Å². The number of likely N-dealkylation sites (tertiary alicyclic amines) is 1. The Morgan fingerprint density at radius 3 is 2.43 bits per heavy atom. The van der Waals surface area contributed by atoms with Crippen LogP contribution in [-0.4, -0.2) is 51.9 Å². The van der Waals surface area contributed by atoms with Gasteiger partial charge >= 0.3 is 0 Å². The number of amides is 2. The number of hydrogen-bond acceptors (Lipinski definition) is 3. The van der Waals surface area contributed by atoms with E-state index < -0.39 is 0 Å². The second-order valence-corrected chi connectivity index (χ2v) is 9.65. The Morgan fingerprint density at radius 2 is 1.71 bits per heavy atom. The molecule has 1 aliphatic carbocycles. The van der Waals surface area contributed by atoms with Gasteiger partial charge in [-0.1, -0.05) is 49.6 Å². The van der Waals surface area contributed by atoms with Crippen molar-refractivity contribution in [1.82, 2.24) is 9.80 Å². The fourth-order valence-corrected chi connectivity index (χ4v) is 6.30. The van der Waals surface area contributed by atoms with Crippen molar-refractivity contribution in [2.45, 2.75) is 49.8 Å². The molecule has 150 valence electrons. The molecule has 1 aromatic carbocycles. The fraction of sp³-hybridized carbons (Fsp3) is 0.565. The number of hydrogen-bond donors (Lipinski definition) is 0. The summed E-state index contributed by atoms with van der Waals surface area (Å²) in [5.74, 6) is 1.69. The van der Waals surface area contributed by atoms with E-state index in [4.69, 9.17) is 0 Å². The highest BCUT2D eigenvalue weighted by Gasteiger charge is 2.46. The lowest BCUT2D eigenvalue weighted by Crippen LogP contribution is -2.54. The molecular weight excluding hydrogens is 368 g/mol. The minimum Gasteiger partial charge on any atom is -0.342 e. The molecule has 0 radical (unpaired) electrons. The minimum atomic E-state index is -0.124. The molecule has 2 aliphatic heterocycles. The summed E-state index contributed by atoms with van der Waals surface area (Å²) in [5, 5.41) is 0. The number of nitrogens with zero attached hydrogens (tertiary/aromatic N) is 2.